The van der Waals surface area contributed by atoms with E-state index in [9.17, 15) is 0 Å². The van der Waals surface area contributed by atoms with Crippen LogP contribution in [0.1, 0.15) is 18.4 Å². The van der Waals surface area contributed by atoms with Crippen LogP contribution in [0.2, 0.25) is 0 Å². The molecular formula is C23H26N2O. The number of nitrogens with zero attached hydrogens (tertiary/aromatic N) is 2. The maximum atomic E-state index is 5.97. The summed E-state index contributed by atoms with van der Waals surface area (Å²) >= 11 is 0. The predicted molar refractivity (Wildman–Crippen MR) is 107 cm³/mol. The number of piperidine rings is 1. The minimum atomic E-state index is 0.745. The maximum absolute atomic E-state index is 5.97. The zero-order valence-electron chi connectivity index (χ0n) is 15.2. The first-order chi connectivity index (χ1) is 12.9. The van der Waals surface area contributed by atoms with Crippen LogP contribution in [0.4, 0.5) is 0 Å². The van der Waals surface area contributed by atoms with Crippen LogP contribution in [-0.4, -0.2) is 36.1 Å². The Balaban J connectivity index is 1.21. The fraction of sp³-hybridized carbons (Fsp3) is 0.348. The van der Waals surface area contributed by atoms with Gasteiger partial charge in [-0.05, 0) is 68.1 Å². The summed E-state index contributed by atoms with van der Waals surface area (Å²) < 4.78 is 5.97. The van der Waals surface area contributed by atoms with E-state index in [4.69, 9.17) is 4.74 Å². The molecule has 134 valence electrons. The molecule has 0 radical (unpaired) electrons. The van der Waals surface area contributed by atoms with Crippen molar-refractivity contribution in [3.8, 4) is 5.75 Å². The summed E-state index contributed by atoms with van der Waals surface area (Å²) in [6, 6.07) is 21.0. The molecule has 0 unspecified atom stereocenters. The first kappa shape index (κ1) is 17.0. The van der Waals surface area contributed by atoms with Crippen LogP contribution in [0.25, 0.3) is 10.9 Å². The molecule has 1 saturated heterocycles. The Bertz CT molecular complexity index is 826. The lowest BCUT2D eigenvalue weighted by Crippen LogP contribution is -2.37. The number of pyridine rings is 1. The molecule has 4 rings (SSSR count). The number of fused-ring (bicyclic) bond motifs is 1. The molecule has 0 spiro atoms. The lowest BCUT2D eigenvalue weighted by molar-refractivity contribution is 0.155. The molecule has 0 atom stereocenters. The van der Waals surface area contributed by atoms with Gasteiger partial charge in [0, 0.05) is 18.1 Å². The van der Waals surface area contributed by atoms with Gasteiger partial charge < -0.3 is 4.74 Å². The highest BCUT2D eigenvalue weighted by Crippen LogP contribution is 2.22. The fourth-order valence-electron chi connectivity index (χ4n) is 3.80. The molecule has 2 aromatic carbocycles. The van der Waals surface area contributed by atoms with Crippen molar-refractivity contribution in [3.63, 3.8) is 0 Å². The number of aromatic nitrogens is 1. The second-order valence-corrected chi connectivity index (χ2v) is 7.18. The van der Waals surface area contributed by atoms with Crippen molar-refractivity contribution in [1.29, 1.82) is 0 Å². The van der Waals surface area contributed by atoms with E-state index in [1.807, 2.05) is 24.4 Å². The van der Waals surface area contributed by atoms with Crippen LogP contribution in [0, 0.1) is 5.92 Å². The van der Waals surface area contributed by atoms with Crippen molar-refractivity contribution in [1.82, 2.24) is 9.88 Å². The van der Waals surface area contributed by atoms with Crippen LogP contribution in [-0.2, 0) is 6.42 Å². The number of hydrogen-bond donors (Lipinski definition) is 0. The number of likely N-dealkylation sites (tertiary alicyclic amines) is 1. The van der Waals surface area contributed by atoms with Gasteiger partial charge >= 0.3 is 0 Å². The van der Waals surface area contributed by atoms with Gasteiger partial charge in [-0.1, -0.05) is 36.4 Å². The van der Waals surface area contributed by atoms with Gasteiger partial charge in [0.2, 0.25) is 0 Å². The van der Waals surface area contributed by atoms with Gasteiger partial charge in [-0.15, -0.1) is 0 Å². The van der Waals surface area contributed by atoms with Crippen LogP contribution >= 0.6 is 0 Å². The fourth-order valence-corrected chi connectivity index (χ4v) is 3.80. The average Bonchev–Trinajstić information content (AvgIpc) is 2.70. The van der Waals surface area contributed by atoms with Gasteiger partial charge in [-0.25, -0.2) is 0 Å². The van der Waals surface area contributed by atoms with E-state index in [2.05, 4.69) is 52.3 Å². The molecule has 0 N–H and O–H groups in total. The smallest absolute Gasteiger partial charge is 0.120 e. The molecule has 2 heterocycles. The molecule has 0 amide bonds. The minimum Gasteiger partial charge on any atom is -0.492 e. The highest BCUT2D eigenvalue weighted by atomic mass is 16.5. The Morgan fingerprint density at radius 2 is 1.81 bits per heavy atom. The van der Waals surface area contributed by atoms with E-state index >= 15 is 0 Å². The van der Waals surface area contributed by atoms with Crippen molar-refractivity contribution in [2.24, 2.45) is 5.92 Å². The average molecular weight is 346 g/mol. The van der Waals surface area contributed by atoms with E-state index in [0.717, 1.165) is 35.7 Å². The van der Waals surface area contributed by atoms with Crippen LogP contribution in [0.5, 0.6) is 5.75 Å². The summed E-state index contributed by atoms with van der Waals surface area (Å²) in [4.78, 5) is 6.88. The van der Waals surface area contributed by atoms with Gasteiger partial charge in [0.25, 0.3) is 0 Å². The molecule has 0 saturated carbocycles. The maximum Gasteiger partial charge on any atom is 0.120 e. The monoisotopic (exact) mass is 346 g/mol. The first-order valence-corrected chi connectivity index (χ1v) is 9.61. The zero-order chi connectivity index (χ0) is 17.6. The Kier molecular flexibility index (Phi) is 5.46. The van der Waals surface area contributed by atoms with Crippen LogP contribution in [0.15, 0.2) is 66.9 Å². The van der Waals surface area contributed by atoms with Crippen molar-refractivity contribution >= 4 is 10.9 Å². The Morgan fingerprint density at radius 1 is 0.962 bits per heavy atom. The second-order valence-electron chi connectivity index (χ2n) is 7.18. The summed E-state index contributed by atoms with van der Waals surface area (Å²) in [6.45, 7) is 4.11. The van der Waals surface area contributed by atoms with Crippen LogP contribution in [0.3, 0.4) is 0 Å². The van der Waals surface area contributed by atoms with Gasteiger partial charge in [-0.2, -0.15) is 0 Å². The number of hydrogen-bond acceptors (Lipinski definition) is 3. The standard InChI is InChI=1S/C23H26N2O/c1-2-5-19(6-3-1)17-20-10-13-25(14-11-20)15-16-26-22-8-9-23-21(18-22)7-4-12-24-23/h1-9,12,18,20H,10-11,13-17H2. The molecule has 3 nitrogen and oxygen atoms in total. The van der Waals surface area contributed by atoms with E-state index < -0.39 is 0 Å². The third kappa shape index (κ3) is 4.41. The van der Waals surface area contributed by atoms with Gasteiger partial charge in [0.1, 0.15) is 12.4 Å². The van der Waals surface area contributed by atoms with Crippen molar-refractivity contribution in [3.05, 3.63) is 72.4 Å². The highest BCUT2D eigenvalue weighted by molar-refractivity contribution is 5.79. The summed E-state index contributed by atoms with van der Waals surface area (Å²) in [7, 11) is 0. The molecule has 0 bridgehead atoms. The molecule has 3 heteroatoms. The molecule has 1 aromatic heterocycles. The minimum absolute atomic E-state index is 0.745. The number of benzene rings is 2. The zero-order valence-corrected chi connectivity index (χ0v) is 15.2. The lowest BCUT2D eigenvalue weighted by atomic mass is 9.90. The Morgan fingerprint density at radius 3 is 2.65 bits per heavy atom. The highest BCUT2D eigenvalue weighted by Gasteiger charge is 2.19. The van der Waals surface area contributed by atoms with Crippen molar-refractivity contribution < 1.29 is 4.74 Å². The van der Waals surface area contributed by atoms with E-state index in [1.54, 1.807) is 0 Å². The first-order valence-electron chi connectivity index (χ1n) is 9.61. The SMILES string of the molecule is c1ccc(CC2CCN(CCOc3ccc4ncccc4c3)CC2)cc1. The van der Waals surface area contributed by atoms with Crippen molar-refractivity contribution in [2.45, 2.75) is 19.3 Å². The van der Waals surface area contributed by atoms with Gasteiger partial charge in [0.15, 0.2) is 0 Å². The molecule has 26 heavy (non-hydrogen) atoms. The largest absolute Gasteiger partial charge is 0.492 e. The van der Waals surface area contributed by atoms with Gasteiger partial charge in [0.05, 0.1) is 5.52 Å². The molecule has 1 aliphatic rings. The van der Waals surface area contributed by atoms with E-state index in [0.29, 0.717) is 0 Å². The molecule has 0 aliphatic carbocycles. The normalized spacial score (nSPS) is 16.0. The summed E-state index contributed by atoms with van der Waals surface area (Å²) in [5.74, 6) is 1.76. The second kappa shape index (κ2) is 8.33. The topological polar surface area (TPSA) is 25.4 Å². The molecule has 1 aliphatic heterocycles. The molecular weight excluding hydrogens is 320 g/mol. The quantitative estimate of drug-likeness (QED) is 0.654. The Hall–Kier alpha value is -2.39. The number of rotatable bonds is 6. The van der Waals surface area contributed by atoms with E-state index in [-0.39, 0.29) is 0 Å². The Labute approximate surface area is 155 Å². The number of ether oxygens (including phenoxy) is 1. The third-order valence-corrected chi connectivity index (χ3v) is 5.33. The summed E-state index contributed by atoms with van der Waals surface area (Å²) in [6.07, 6.45) is 5.62. The lowest BCUT2D eigenvalue weighted by Gasteiger charge is -2.31. The van der Waals surface area contributed by atoms with Gasteiger partial charge in [-0.3, -0.25) is 9.88 Å². The molecule has 3 aromatic rings. The van der Waals surface area contributed by atoms with E-state index in [1.165, 1.54) is 37.9 Å². The molecule has 1 fully saturated rings. The predicted octanol–water partition coefficient (Wildman–Crippen LogP) is 4.57. The summed E-state index contributed by atoms with van der Waals surface area (Å²) in [5, 5.41) is 1.13. The van der Waals surface area contributed by atoms with Crippen LogP contribution < -0.4 is 4.74 Å². The summed E-state index contributed by atoms with van der Waals surface area (Å²) in [5.41, 5.74) is 2.49. The third-order valence-electron chi connectivity index (χ3n) is 5.33. The van der Waals surface area contributed by atoms with Crippen molar-refractivity contribution in [2.75, 3.05) is 26.2 Å².